The SMILES string of the molecule is CC(=O)NC[C@H]1CN(c2ccc(N3CCC(=CC(C)(OC(=O)C(Cl)Cl)OC(=O)C(Cl)Cl)CC3)c(F)c2)C(=O)O1. The number of alkyl halides is 4. The van der Waals surface area contributed by atoms with Crippen LogP contribution in [0.2, 0.25) is 0 Å². The number of cyclic esters (lactones) is 1. The zero-order chi connectivity index (χ0) is 28.9. The summed E-state index contributed by atoms with van der Waals surface area (Å²) in [6.45, 7) is 3.80. The summed E-state index contributed by atoms with van der Waals surface area (Å²) in [6.07, 6.45) is 1.12. The molecule has 214 valence electrons. The third kappa shape index (κ3) is 8.51. The Kier molecular flexibility index (Phi) is 10.6. The lowest BCUT2D eigenvalue weighted by atomic mass is 10.0. The minimum Gasteiger partial charge on any atom is -0.442 e. The van der Waals surface area contributed by atoms with Gasteiger partial charge in [-0.1, -0.05) is 52.0 Å². The predicted octanol–water partition coefficient (Wildman–Crippen LogP) is 4.22. The summed E-state index contributed by atoms with van der Waals surface area (Å²) in [5.74, 6) is -4.71. The van der Waals surface area contributed by atoms with E-state index in [1.165, 1.54) is 30.9 Å². The maximum atomic E-state index is 15.1. The third-order valence-electron chi connectivity index (χ3n) is 5.87. The lowest BCUT2D eigenvalue weighted by Gasteiger charge is -2.33. The first-order valence-electron chi connectivity index (χ1n) is 11.8. The van der Waals surface area contributed by atoms with Crippen LogP contribution in [0.25, 0.3) is 0 Å². The zero-order valence-electron chi connectivity index (χ0n) is 20.9. The quantitative estimate of drug-likeness (QED) is 0.187. The lowest BCUT2D eigenvalue weighted by Crippen LogP contribution is -2.39. The van der Waals surface area contributed by atoms with Crippen LogP contribution in [0.15, 0.2) is 29.8 Å². The molecule has 1 aromatic rings. The van der Waals surface area contributed by atoms with Gasteiger partial charge in [-0.3, -0.25) is 9.69 Å². The van der Waals surface area contributed by atoms with Gasteiger partial charge in [0.25, 0.3) is 5.79 Å². The molecule has 10 nitrogen and oxygen atoms in total. The molecule has 0 radical (unpaired) electrons. The zero-order valence-corrected chi connectivity index (χ0v) is 23.9. The Bertz CT molecular complexity index is 1120. The number of ether oxygens (including phenoxy) is 3. The highest BCUT2D eigenvalue weighted by Crippen LogP contribution is 2.32. The minimum absolute atomic E-state index is 0.163. The third-order valence-corrected chi connectivity index (χ3v) is 6.58. The van der Waals surface area contributed by atoms with Crippen LogP contribution in [0.1, 0.15) is 26.7 Å². The number of rotatable bonds is 9. The van der Waals surface area contributed by atoms with Crippen molar-refractivity contribution in [2.75, 3.05) is 36.0 Å². The second-order valence-corrected chi connectivity index (χ2v) is 11.1. The van der Waals surface area contributed by atoms with Gasteiger partial charge >= 0.3 is 18.0 Å². The van der Waals surface area contributed by atoms with Crippen LogP contribution in [0.3, 0.4) is 0 Å². The molecule has 0 unspecified atom stereocenters. The molecule has 2 amide bonds. The smallest absolute Gasteiger partial charge is 0.414 e. The van der Waals surface area contributed by atoms with Gasteiger partial charge in [0.15, 0.2) is 0 Å². The van der Waals surface area contributed by atoms with Crippen LogP contribution in [-0.2, 0) is 28.6 Å². The predicted molar refractivity (Wildman–Crippen MR) is 144 cm³/mol. The molecule has 2 heterocycles. The van der Waals surface area contributed by atoms with Gasteiger partial charge in [0.1, 0.15) is 11.9 Å². The largest absolute Gasteiger partial charge is 0.442 e. The number of anilines is 2. The minimum atomic E-state index is -1.87. The number of benzene rings is 1. The summed E-state index contributed by atoms with van der Waals surface area (Å²) >= 11 is 22.3. The number of carbonyl (C=O) groups is 4. The summed E-state index contributed by atoms with van der Waals surface area (Å²) in [4.78, 5) is 47.4. The number of halogens is 5. The number of nitrogens with zero attached hydrogens (tertiary/aromatic N) is 2. The van der Waals surface area contributed by atoms with Crippen molar-refractivity contribution in [1.82, 2.24) is 5.32 Å². The van der Waals surface area contributed by atoms with Gasteiger partial charge < -0.3 is 24.4 Å². The molecular weight excluding hydrogens is 603 g/mol. The van der Waals surface area contributed by atoms with Crippen LogP contribution < -0.4 is 15.1 Å². The summed E-state index contributed by atoms with van der Waals surface area (Å²) in [5.41, 5.74) is 1.43. The van der Waals surface area contributed by atoms with E-state index in [0.717, 1.165) is 5.57 Å². The summed E-state index contributed by atoms with van der Waals surface area (Å²) < 4.78 is 30.7. The molecule has 39 heavy (non-hydrogen) atoms. The average Bonchev–Trinajstić information content (AvgIpc) is 3.23. The fourth-order valence-corrected chi connectivity index (χ4v) is 4.31. The monoisotopic (exact) mass is 627 g/mol. The molecule has 0 bridgehead atoms. The van der Waals surface area contributed by atoms with Crippen LogP contribution >= 0.6 is 46.4 Å². The maximum absolute atomic E-state index is 15.1. The number of piperidine rings is 1. The molecule has 0 saturated carbocycles. The van der Waals surface area contributed by atoms with Crippen molar-refractivity contribution in [3.8, 4) is 0 Å². The van der Waals surface area contributed by atoms with E-state index < -0.39 is 45.4 Å². The van der Waals surface area contributed by atoms with Gasteiger partial charge in [0, 0.05) is 26.9 Å². The topological polar surface area (TPSA) is 114 Å². The molecule has 15 heteroatoms. The average molecular weight is 629 g/mol. The Labute approximate surface area is 244 Å². The maximum Gasteiger partial charge on any atom is 0.414 e. The lowest BCUT2D eigenvalue weighted by molar-refractivity contribution is -0.204. The van der Waals surface area contributed by atoms with E-state index in [4.69, 9.17) is 60.6 Å². The van der Waals surface area contributed by atoms with Gasteiger partial charge in [-0.05, 0) is 37.1 Å². The van der Waals surface area contributed by atoms with Crippen LogP contribution in [-0.4, -0.2) is 71.7 Å². The Balaban J connectivity index is 1.67. The van der Waals surface area contributed by atoms with Crippen molar-refractivity contribution in [3.63, 3.8) is 0 Å². The molecule has 2 aliphatic heterocycles. The molecule has 3 rings (SSSR count). The summed E-state index contributed by atoms with van der Waals surface area (Å²) in [5, 5.41) is 2.59. The van der Waals surface area contributed by atoms with Gasteiger partial charge in [0.2, 0.25) is 15.6 Å². The molecule has 2 aliphatic rings. The number of hydrogen-bond acceptors (Lipinski definition) is 8. The van der Waals surface area contributed by atoms with E-state index in [9.17, 15) is 19.2 Å². The number of nitrogens with one attached hydrogen (secondary N) is 1. The number of carbonyl (C=O) groups excluding carboxylic acids is 4. The molecule has 1 N–H and O–H groups in total. The highest BCUT2D eigenvalue weighted by atomic mass is 35.5. The van der Waals surface area contributed by atoms with Crippen LogP contribution in [0.4, 0.5) is 20.6 Å². The van der Waals surface area contributed by atoms with E-state index >= 15 is 4.39 Å². The van der Waals surface area contributed by atoms with E-state index in [-0.39, 0.29) is 19.0 Å². The first kappa shape index (κ1) is 31.1. The van der Waals surface area contributed by atoms with Crippen molar-refractivity contribution in [2.45, 2.75) is 48.3 Å². The Hall–Kier alpha value is -2.47. The highest BCUT2D eigenvalue weighted by molar-refractivity contribution is 6.53. The van der Waals surface area contributed by atoms with E-state index in [2.05, 4.69) is 5.32 Å². The summed E-state index contributed by atoms with van der Waals surface area (Å²) in [6, 6.07) is 4.44. The normalized spacial score (nSPS) is 17.8. The Morgan fingerprint density at radius 1 is 1.15 bits per heavy atom. The number of hydrogen-bond donors (Lipinski definition) is 1. The summed E-state index contributed by atoms with van der Waals surface area (Å²) in [7, 11) is 0. The fourth-order valence-electron chi connectivity index (χ4n) is 4.13. The molecule has 0 spiro atoms. The second-order valence-electron chi connectivity index (χ2n) is 8.94. The van der Waals surface area contributed by atoms with Gasteiger partial charge in [-0.2, -0.15) is 0 Å². The van der Waals surface area contributed by atoms with E-state index in [0.29, 0.717) is 37.3 Å². The highest BCUT2D eigenvalue weighted by Gasteiger charge is 2.36. The van der Waals surface area contributed by atoms with Crippen molar-refractivity contribution in [3.05, 3.63) is 35.7 Å². The van der Waals surface area contributed by atoms with Gasteiger partial charge in [0.05, 0.1) is 24.5 Å². The fraction of sp³-hybridized carbons (Fsp3) is 0.500. The molecule has 1 aromatic carbocycles. The molecular formula is C24H26Cl4FN3O7. The van der Waals surface area contributed by atoms with E-state index in [1.807, 2.05) is 4.90 Å². The van der Waals surface area contributed by atoms with Crippen molar-refractivity contribution in [1.29, 1.82) is 0 Å². The van der Waals surface area contributed by atoms with Crippen molar-refractivity contribution in [2.24, 2.45) is 0 Å². The standard InChI is InChI=1S/C24H26Cl4FN3O7/c1-13(33)30-11-16-12-32(23(36)37-16)15-3-4-18(17(29)9-15)31-7-5-14(6-8-31)10-24(2,38-21(34)19(25)26)39-22(35)20(27)28/h3-4,9-10,16,19-20H,5-8,11-12H2,1-2H3,(H,30,33)/t16-/m0/s1. The number of amides is 2. The van der Waals surface area contributed by atoms with Crippen molar-refractivity contribution >= 4 is 81.7 Å². The van der Waals surface area contributed by atoms with Crippen LogP contribution in [0.5, 0.6) is 0 Å². The number of esters is 2. The molecule has 1 atom stereocenters. The van der Waals surface area contributed by atoms with Crippen molar-refractivity contribution < 1.29 is 37.8 Å². The molecule has 2 saturated heterocycles. The van der Waals surface area contributed by atoms with Gasteiger partial charge in [-0.15, -0.1) is 0 Å². The van der Waals surface area contributed by atoms with Gasteiger partial charge in [-0.25, -0.2) is 18.8 Å². The molecule has 0 aromatic heterocycles. The van der Waals surface area contributed by atoms with E-state index in [1.54, 1.807) is 12.1 Å². The Morgan fingerprint density at radius 3 is 2.26 bits per heavy atom. The molecule has 2 fully saturated rings. The van der Waals surface area contributed by atoms with Crippen LogP contribution in [0, 0.1) is 5.82 Å². The second kappa shape index (κ2) is 13.3. The molecule has 0 aliphatic carbocycles. The first-order valence-corrected chi connectivity index (χ1v) is 13.5. The first-order chi connectivity index (χ1) is 18.3. The Morgan fingerprint density at radius 2 is 1.74 bits per heavy atom.